The number of halogens is 1. The van der Waals surface area contributed by atoms with Gasteiger partial charge in [0.15, 0.2) is 0 Å². The zero-order chi connectivity index (χ0) is 14.8. The number of benzene rings is 2. The SMILES string of the molecule is Cc1cc(F)ccc1C(=O)Nc1cccc2cccnc12. The van der Waals surface area contributed by atoms with Crippen LogP contribution in [0.25, 0.3) is 10.9 Å². The van der Waals surface area contributed by atoms with Gasteiger partial charge in [-0.05, 0) is 42.8 Å². The monoisotopic (exact) mass is 280 g/mol. The van der Waals surface area contributed by atoms with Gasteiger partial charge >= 0.3 is 0 Å². The summed E-state index contributed by atoms with van der Waals surface area (Å²) in [6.07, 6.45) is 1.68. The molecule has 104 valence electrons. The molecule has 1 amide bonds. The summed E-state index contributed by atoms with van der Waals surface area (Å²) in [6.45, 7) is 1.71. The summed E-state index contributed by atoms with van der Waals surface area (Å²) in [6, 6.07) is 13.5. The number of aromatic nitrogens is 1. The van der Waals surface area contributed by atoms with E-state index in [2.05, 4.69) is 10.3 Å². The molecule has 0 fully saturated rings. The third-order valence-electron chi connectivity index (χ3n) is 3.31. The highest BCUT2D eigenvalue weighted by Crippen LogP contribution is 2.22. The van der Waals surface area contributed by atoms with Gasteiger partial charge in [0.05, 0.1) is 11.2 Å². The number of nitrogens with one attached hydrogen (secondary N) is 1. The van der Waals surface area contributed by atoms with Crippen molar-refractivity contribution >= 4 is 22.5 Å². The smallest absolute Gasteiger partial charge is 0.255 e. The van der Waals surface area contributed by atoms with E-state index in [1.165, 1.54) is 18.2 Å². The second kappa shape index (κ2) is 5.32. The summed E-state index contributed by atoms with van der Waals surface area (Å²) in [4.78, 5) is 16.6. The molecule has 3 nitrogen and oxygen atoms in total. The third kappa shape index (κ3) is 2.60. The topological polar surface area (TPSA) is 42.0 Å². The number of rotatable bonds is 2. The molecule has 3 aromatic rings. The van der Waals surface area contributed by atoms with E-state index in [1.807, 2.05) is 24.3 Å². The van der Waals surface area contributed by atoms with Crippen molar-refractivity contribution in [3.63, 3.8) is 0 Å². The van der Waals surface area contributed by atoms with E-state index in [0.717, 1.165) is 10.9 Å². The molecular formula is C17H13FN2O. The Bertz CT molecular complexity index is 825. The number of carbonyl (C=O) groups excluding carboxylic acids is 1. The molecule has 4 heteroatoms. The summed E-state index contributed by atoms with van der Waals surface area (Å²) in [7, 11) is 0. The van der Waals surface area contributed by atoms with Gasteiger partial charge in [-0.1, -0.05) is 18.2 Å². The molecule has 0 aliphatic carbocycles. The summed E-state index contributed by atoms with van der Waals surface area (Å²) in [5.74, 6) is -0.624. The molecular weight excluding hydrogens is 267 g/mol. The van der Waals surface area contributed by atoms with Crippen LogP contribution in [0, 0.1) is 12.7 Å². The van der Waals surface area contributed by atoms with Crippen molar-refractivity contribution in [3.8, 4) is 0 Å². The molecule has 0 unspecified atom stereocenters. The summed E-state index contributed by atoms with van der Waals surface area (Å²) < 4.78 is 13.1. The molecule has 0 bridgehead atoms. The molecule has 2 aromatic carbocycles. The Morgan fingerprint density at radius 1 is 1.14 bits per heavy atom. The van der Waals surface area contributed by atoms with Crippen molar-refractivity contribution in [3.05, 3.63) is 71.7 Å². The lowest BCUT2D eigenvalue weighted by Gasteiger charge is -2.09. The summed E-state index contributed by atoms with van der Waals surface area (Å²) >= 11 is 0. The van der Waals surface area contributed by atoms with Crippen molar-refractivity contribution in [1.82, 2.24) is 4.98 Å². The first-order valence-corrected chi connectivity index (χ1v) is 6.56. The van der Waals surface area contributed by atoms with Crippen LogP contribution in [0.2, 0.25) is 0 Å². The highest BCUT2D eigenvalue weighted by atomic mass is 19.1. The second-order valence-electron chi connectivity index (χ2n) is 4.79. The number of para-hydroxylation sites is 1. The Morgan fingerprint density at radius 2 is 1.95 bits per heavy atom. The zero-order valence-electron chi connectivity index (χ0n) is 11.4. The molecule has 1 aromatic heterocycles. The Kier molecular flexibility index (Phi) is 3.36. The first kappa shape index (κ1) is 13.2. The van der Waals surface area contributed by atoms with Crippen molar-refractivity contribution in [2.24, 2.45) is 0 Å². The second-order valence-corrected chi connectivity index (χ2v) is 4.79. The molecule has 0 atom stereocenters. The van der Waals surface area contributed by atoms with Crippen molar-refractivity contribution in [1.29, 1.82) is 0 Å². The molecule has 1 heterocycles. The Balaban J connectivity index is 1.97. The number of carbonyl (C=O) groups is 1. The average Bonchev–Trinajstić information content (AvgIpc) is 2.47. The minimum Gasteiger partial charge on any atom is -0.320 e. The number of hydrogen-bond acceptors (Lipinski definition) is 2. The molecule has 21 heavy (non-hydrogen) atoms. The molecule has 0 radical (unpaired) electrons. The van der Waals surface area contributed by atoms with Gasteiger partial charge in [0.25, 0.3) is 5.91 Å². The van der Waals surface area contributed by atoms with Crippen molar-refractivity contribution in [2.45, 2.75) is 6.92 Å². The molecule has 0 aliphatic heterocycles. The molecule has 0 saturated carbocycles. The maximum Gasteiger partial charge on any atom is 0.255 e. The maximum absolute atomic E-state index is 13.1. The quantitative estimate of drug-likeness (QED) is 0.772. The van der Waals surface area contributed by atoms with E-state index >= 15 is 0 Å². The van der Waals surface area contributed by atoms with Crippen LogP contribution in [-0.4, -0.2) is 10.9 Å². The van der Waals surface area contributed by atoms with E-state index in [9.17, 15) is 9.18 Å². The highest BCUT2D eigenvalue weighted by Gasteiger charge is 2.11. The lowest BCUT2D eigenvalue weighted by Crippen LogP contribution is -2.14. The maximum atomic E-state index is 13.1. The largest absolute Gasteiger partial charge is 0.320 e. The lowest BCUT2D eigenvalue weighted by atomic mass is 10.1. The van der Waals surface area contributed by atoms with E-state index in [-0.39, 0.29) is 11.7 Å². The van der Waals surface area contributed by atoms with E-state index in [1.54, 1.807) is 19.2 Å². The number of amides is 1. The van der Waals surface area contributed by atoms with Gasteiger partial charge in [-0.15, -0.1) is 0 Å². The van der Waals surface area contributed by atoms with Crippen LogP contribution in [0.5, 0.6) is 0 Å². The first-order valence-electron chi connectivity index (χ1n) is 6.56. The van der Waals surface area contributed by atoms with Gasteiger partial charge < -0.3 is 5.32 Å². The van der Waals surface area contributed by atoms with Crippen LogP contribution < -0.4 is 5.32 Å². The highest BCUT2D eigenvalue weighted by molar-refractivity contribution is 6.08. The van der Waals surface area contributed by atoms with Crippen LogP contribution in [0.15, 0.2) is 54.7 Å². The van der Waals surface area contributed by atoms with Gasteiger partial charge in [0.1, 0.15) is 5.82 Å². The van der Waals surface area contributed by atoms with E-state index in [0.29, 0.717) is 16.8 Å². The predicted molar refractivity (Wildman–Crippen MR) is 80.8 cm³/mol. The van der Waals surface area contributed by atoms with E-state index < -0.39 is 0 Å². The normalized spacial score (nSPS) is 10.6. The molecule has 1 N–H and O–H groups in total. The van der Waals surface area contributed by atoms with Crippen molar-refractivity contribution in [2.75, 3.05) is 5.32 Å². The van der Waals surface area contributed by atoms with Crippen LogP contribution in [0.3, 0.4) is 0 Å². The number of nitrogens with zero attached hydrogens (tertiary/aromatic N) is 1. The number of aryl methyl sites for hydroxylation is 1. The summed E-state index contributed by atoms with van der Waals surface area (Å²) in [5, 5.41) is 3.79. The fourth-order valence-electron chi connectivity index (χ4n) is 2.28. The van der Waals surface area contributed by atoms with Gasteiger partial charge in [-0.3, -0.25) is 9.78 Å². The standard InChI is InChI=1S/C17H13FN2O/c1-11-10-13(18)7-8-14(11)17(21)20-15-6-2-4-12-5-3-9-19-16(12)15/h2-10H,1H3,(H,20,21). The number of pyridine rings is 1. The number of fused-ring (bicyclic) bond motifs is 1. The van der Waals surface area contributed by atoms with Gasteiger partial charge in [0.2, 0.25) is 0 Å². The van der Waals surface area contributed by atoms with Gasteiger partial charge in [-0.25, -0.2) is 4.39 Å². The third-order valence-corrected chi connectivity index (χ3v) is 3.31. The molecule has 0 saturated heterocycles. The molecule has 0 spiro atoms. The molecule has 0 aliphatic rings. The van der Waals surface area contributed by atoms with E-state index in [4.69, 9.17) is 0 Å². The van der Waals surface area contributed by atoms with Crippen molar-refractivity contribution < 1.29 is 9.18 Å². The zero-order valence-corrected chi connectivity index (χ0v) is 11.4. The van der Waals surface area contributed by atoms with Crippen LogP contribution in [-0.2, 0) is 0 Å². The van der Waals surface area contributed by atoms with Crippen LogP contribution >= 0.6 is 0 Å². The Morgan fingerprint density at radius 3 is 2.76 bits per heavy atom. The minimum atomic E-state index is -0.351. The summed E-state index contributed by atoms with van der Waals surface area (Å²) in [5.41, 5.74) is 2.42. The van der Waals surface area contributed by atoms with Crippen LogP contribution in [0.1, 0.15) is 15.9 Å². The fourth-order valence-corrected chi connectivity index (χ4v) is 2.28. The first-order chi connectivity index (χ1) is 10.1. The average molecular weight is 280 g/mol. The lowest BCUT2D eigenvalue weighted by molar-refractivity contribution is 0.102. The Labute approximate surface area is 121 Å². The number of anilines is 1. The predicted octanol–water partition coefficient (Wildman–Crippen LogP) is 3.93. The minimum absolute atomic E-state index is 0.273. The van der Waals surface area contributed by atoms with Gasteiger partial charge in [-0.2, -0.15) is 0 Å². The Hall–Kier alpha value is -2.75. The number of hydrogen-bond donors (Lipinski definition) is 1. The van der Waals surface area contributed by atoms with Gasteiger partial charge in [0, 0.05) is 17.1 Å². The van der Waals surface area contributed by atoms with Crippen LogP contribution in [0.4, 0.5) is 10.1 Å². The fraction of sp³-hybridized carbons (Fsp3) is 0.0588. The molecule has 3 rings (SSSR count).